The monoisotopic (exact) mass is 589 g/mol. The van der Waals surface area contributed by atoms with Gasteiger partial charge in [0.15, 0.2) is 0 Å². The van der Waals surface area contributed by atoms with Crippen molar-refractivity contribution in [1.82, 2.24) is 19.9 Å². The quantitative estimate of drug-likeness (QED) is 0.204. The molecule has 0 unspecified atom stereocenters. The minimum Gasteiger partial charge on any atom is -0.478 e. The first-order valence-electron chi connectivity index (χ1n) is 13.8. The fourth-order valence-corrected chi connectivity index (χ4v) is 5.36. The molecule has 8 nitrogen and oxygen atoms in total. The number of likely N-dealkylation sites (tertiary alicyclic amines) is 1. The van der Waals surface area contributed by atoms with Crippen molar-refractivity contribution >= 4 is 23.3 Å². The van der Waals surface area contributed by atoms with Crippen molar-refractivity contribution in [1.29, 1.82) is 0 Å². The number of carboxylic acids is 1. The van der Waals surface area contributed by atoms with Gasteiger partial charge < -0.3 is 19.7 Å². The highest BCUT2D eigenvalue weighted by Crippen LogP contribution is 2.31. The number of aryl methyl sites for hydroxylation is 1. The molecular formula is C32H33ClFN5O3. The molecule has 42 heavy (non-hydrogen) atoms. The van der Waals surface area contributed by atoms with E-state index in [0.29, 0.717) is 29.6 Å². The average molecular weight is 590 g/mol. The Balaban J connectivity index is 1.22. The number of aromatic nitrogens is 3. The van der Waals surface area contributed by atoms with Gasteiger partial charge in [-0.25, -0.2) is 19.2 Å². The number of aromatic amines is 1. The second-order valence-corrected chi connectivity index (χ2v) is 10.9. The van der Waals surface area contributed by atoms with Crippen LogP contribution in [0.1, 0.15) is 51.6 Å². The second-order valence-electron chi connectivity index (χ2n) is 10.5. The number of hydrogen-bond donors (Lipinski definition) is 2. The van der Waals surface area contributed by atoms with Gasteiger partial charge in [-0.15, -0.1) is 0 Å². The van der Waals surface area contributed by atoms with Gasteiger partial charge in [-0.3, -0.25) is 4.90 Å². The maximum absolute atomic E-state index is 14.1. The number of hydrogen-bond acceptors (Lipinski definition) is 6. The predicted octanol–water partition coefficient (Wildman–Crippen LogP) is 6.58. The van der Waals surface area contributed by atoms with E-state index in [1.165, 1.54) is 6.07 Å². The summed E-state index contributed by atoms with van der Waals surface area (Å²) in [5, 5.41) is 9.93. The number of rotatable bonds is 11. The largest absolute Gasteiger partial charge is 0.478 e. The van der Waals surface area contributed by atoms with Crippen LogP contribution in [0, 0.1) is 12.7 Å². The normalized spacial score (nSPS) is 14.1. The molecule has 1 aliphatic heterocycles. The smallest absolute Gasteiger partial charge is 0.335 e. The zero-order valence-corrected chi connectivity index (χ0v) is 24.1. The number of imidazole rings is 1. The van der Waals surface area contributed by atoms with Crippen LogP contribution in [0.15, 0.2) is 79.4 Å². The van der Waals surface area contributed by atoms with Crippen molar-refractivity contribution in [3.8, 4) is 5.88 Å². The van der Waals surface area contributed by atoms with E-state index in [1.54, 1.807) is 42.9 Å². The van der Waals surface area contributed by atoms with Crippen molar-refractivity contribution in [2.75, 3.05) is 24.5 Å². The van der Waals surface area contributed by atoms with E-state index in [2.05, 4.69) is 26.3 Å². The first kappa shape index (κ1) is 29.3. The van der Waals surface area contributed by atoms with Crippen molar-refractivity contribution in [2.24, 2.45) is 0 Å². The molecule has 0 bridgehead atoms. The number of piperidine rings is 1. The Labute approximate surface area is 249 Å². The van der Waals surface area contributed by atoms with Crippen molar-refractivity contribution < 1.29 is 19.0 Å². The number of H-pyrrole nitrogens is 1. The highest BCUT2D eigenvalue weighted by molar-refractivity contribution is 6.30. The molecule has 0 atom stereocenters. The molecule has 4 aromatic rings. The van der Waals surface area contributed by atoms with Crippen LogP contribution in [0.4, 0.5) is 10.1 Å². The Morgan fingerprint density at radius 1 is 1.21 bits per heavy atom. The summed E-state index contributed by atoms with van der Waals surface area (Å²) < 4.78 is 19.9. The summed E-state index contributed by atoms with van der Waals surface area (Å²) >= 11 is 5.85. The number of anilines is 1. The third kappa shape index (κ3) is 7.16. The lowest BCUT2D eigenvalue weighted by atomic mass is 9.93. The highest BCUT2D eigenvalue weighted by Gasteiger charge is 2.24. The third-order valence-corrected chi connectivity index (χ3v) is 7.79. The van der Waals surface area contributed by atoms with E-state index < -0.39 is 11.8 Å². The first-order chi connectivity index (χ1) is 20.3. The molecule has 0 radical (unpaired) electrons. The summed E-state index contributed by atoms with van der Waals surface area (Å²) in [6, 6.07) is 15.4. The van der Waals surface area contributed by atoms with Gasteiger partial charge in [0.25, 0.3) is 0 Å². The van der Waals surface area contributed by atoms with Crippen molar-refractivity contribution in [3.63, 3.8) is 0 Å². The van der Waals surface area contributed by atoms with Crippen LogP contribution in [0.5, 0.6) is 5.88 Å². The Bertz CT molecular complexity index is 1550. The van der Waals surface area contributed by atoms with E-state index in [0.717, 1.165) is 54.3 Å². The fraction of sp³-hybridized carbons (Fsp3) is 0.281. The number of nitrogens with one attached hydrogen (secondary N) is 1. The summed E-state index contributed by atoms with van der Waals surface area (Å²) in [5.74, 6) is -0.627. The predicted molar refractivity (Wildman–Crippen MR) is 160 cm³/mol. The maximum Gasteiger partial charge on any atom is 0.335 e. The van der Waals surface area contributed by atoms with Crippen LogP contribution >= 0.6 is 11.6 Å². The van der Waals surface area contributed by atoms with Crippen molar-refractivity contribution in [3.05, 3.63) is 118 Å². The molecular weight excluding hydrogens is 557 g/mol. The number of pyridine rings is 1. The minimum absolute atomic E-state index is 0.0733. The van der Waals surface area contributed by atoms with E-state index in [9.17, 15) is 14.3 Å². The van der Waals surface area contributed by atoms with E-state index in [1.807, 2.05) is 25.1 Å². The Morgan fingerprint density at radius 3 is 2.74 bits per heavy atom. The average Bonchev–Trinajstić information content (AvgIpc) is 3.50. The third-order valence-electron chi connectivity index (χ3n) is 7.56. The standard InChI is InChI=1S/C32H33ClFN5O3/c1-21-6-7-24(32(40)41)14-30(21)39(18-27-16-35-20-36-27)22(2)17-38-12-10-23(11-13-38)29-4-3-5-31(37-29)42-19-25-8-9-26(33)15-28(25)34/h3-9,14-16,20,23H,2,10-13,17-19H2,1H3,(H,35,36)(H,40,41). The van der Waals surface area contributed by atoms with E-state index >= 15 is 0 Å². The van der Waals surface area contributed by atoms with Crippen molar-refractivity contribution in [2.45, 2.75) is 38.8 Å². The molecule has 2 N–H and O–H groups in total. The molecule has 1 saturated heterocycles. The second kappa shape index (κ2) is 13.2. The van der Waals surface area contributed by atoms with Gasteiger partial charge in [-0.1, -0.05) is 36.4 Å². The van der Waals surface area contributed by atoms with Crippen LogP contribution in [-0.2, 0) is 13.2 Å². The SMILES string of the molecule is C=C(CN1CCC(c2cccc(OCc3ccc(Cl)cc3F)n2)CC1)N(Cc1cnc[nH]1)c1cc(C(=O)O)ccc1C. The molecule has 0 amide bonds. The number of nitrogens with zero attached hydrogens (tertiary/aromatic N) is 4. The number of carboxylic acid groups (broad SMARTS) is 1. The number of ether oxygens (including phenoxy) is 1. The van der Waals surface area contributed by atoms with Gasteiger partial charge in [0.2, 0.25) is 5.88 Å². The highest BCUT2D eigenvalue weighted by atomic mass is 35.5. The maximum atomic E-state index is 14.1. The fourth-order valence-electron chi connectivity index (χ4n) is 5.20. The summed E-state index contributed by atoms with van der Waals surface area (Å²) in [5.41, 5.74) is 5.17. The number of benzene rings is 2. The molecule has 3 heterocycles. The topological polar surface area (TPSA) is 94.6 Å². The lowest BCUT2D eigenvalue weighted by Gasteiger charge is -2.35. The van der Waals surface area contributed by atoms with E-state index in [4.69, 9.17) is 21.3 Å². The molecule has 0 aliphatic carbocycles. The number of aromatic carboxylic acids is 1. The van der Waals surface area contributed by atoms with Crippen LogP contribution in [0.25, 0.3) is 0 Å². The Kier molecular flexibility index (Phi) is 9.19. The zero-order chi connectivity index (χ0) is 29.6. The molecule has 0 spiro atoms. The van der Waals surface area contributed by atoms with Gasteiger partial charge in [-0.2, -0.15) is 0 Å². The van der Waals surface area contributed by atoms with Gasteiger partial charge in [0.05, 0.1) is 24.1 Å². The molecule has 1 fully saturated rings. The van der Waals surface area contributed by atoms with Gasteiger partial charge in [0, 0.05) is 52.4 Å². The van der Waals surface area contributed by atoms with Crippen LogP contribution in [0.3, 0.4) is 0 Å². The van der Waals surface area contributed by atoms with Crippen LogP contribution < -0.4 is 9.64 Å². The lowest BCUT2D eigenvalue weighted by molar-refractivity contribution is 0.0697. The molecule has 2 aromatic carbocycles. The number of carbonyl (C=O) groups is 1. The Hall–Kier alpha value is -4.21. The van der Waals surface area contributed by atoms with E-state index in [-0.39, 0.29) is 18.1 Å². The molecule has 2 aromatic heterocycles. The number of halogens is 2. The zero-order valence-electron chi connectivity index (χ0n) is 23.4. The molecule has 5 rings (SSSR count). The molecule has 1 aliphatic rings. The first-order valence-corrected chi connectivity index (χ1v) is 14.2. The van der Waals surface area contributed by atoms with Gasteiger partial charge in [0.1, 0.15) is 12.4 Å². The molecule has 218 valence electrons. The van der Waals surface area contributed by atoms with Crippen LogP contribution in [-0.4, -0.2) is 50.6 Å². The summed E-state index contributed by atoms with van der Waals surface area (Å²) in [4.78, 5) is 28.1. The molecule has 10 heteroatoms. The van der Waals surface area contributed by atoms with Gasteiger partial charge >= 0.3 is 5.97 Å². The van der Waals surface area contributed by atoms with Crippen LogP contribution in [0.2, 0.25) is 5.02 Å². The molecule has 0 saturated carbocycles. The summed E-state index contributed by atoms with van der Waals surface area (Å²) in [6.45, 7) is 9.30. The minimum atomic E-state index is -0.967. The van der Waals surface area contributed by atoms with Gasteiger partial charge in [-0.05, 0) is 68.8 Å². The Morgan fingerprint density at radius 2 is 2.02 bits per heavy atom. The lowest BCUT2D eigenvalue weighted by Crippen LogP contribution is -2.38. The summed E-state index contributed by atoms with van der Waals surface area (Å²) in [7, 11) is 0. The summed E-state index contributed by atoms with van der Waals surface area (Å²) in [6.07, 6.45) is 5.23.